The number of piperidine rings is 2. The number of amides is 4. The molecular formula is C61H74BF4N7NaO15. The number of aryl methyl sites for hydroxylation is 1. The molecule has 0 bridgehead atoms. The summed E-state index contributed by atoms with van der Waals surface area (Å²) in [5.74, 6) is -3.43. The van der Waals surface area contributed by atoms with Crippen LogP contribution in [0.1, 0.15) is 103 Å². The first-order chi connectivity index (χ1) is 42.0. The Labute approximate surface area is 537 Å². The predicted molar refractivity (Wildman–Crippen MR) is 313 cm³/mol. The molecule has 6 heterocycles. The molecule has 28 heteroatoms. The van der Waals surface area contributed by atoms with Gasteiger partial charge in [-0.2, -0.15) is 0 Å². The normalized spacial score (nSPS) is 18.5. The maximum atomic E-state index is 14.3. The van der Waals surface area contributed by atoms with Gasteiger partial charge in [0.25, 0.3) is 0 Å². The van der Waals surface area contributed by atoms with Gasteiger partial charge in [-0.1, -0.05) is 18.2 Å². The number of carbonyl (C=O) groups is 8. The van der Waals surface area contributed by atoms with E-state index in [2.05, 4.69) is 42.9 Å². The van der Waals surface area contributed by atoms with E-state index in [1.807, 2.05) is 14.1 Å². The molecule has 4 saturated heterocycles. The van der Waals surface area contributed by atoms with E-state index >= 15 is 0 Å². The summed E-state index contributed by atoms with van der Waals surface area (Å²) < 4.78 is 79.4. The number of fused-ring (bicyclic) bond motifs is 2. The second-order valence-electron chi connectivity index (χ2n) is 21.6. The van der Waals surface area contributed by atoms with E-state index in [9.17, 15) is 55.9 Å². The van der Waals surface area contributed by atoms with Crippen LogP contribution in [0.3, 0.4) is 0 Å². The van der Waals surface area contributed by atoms with E-state index in [4.69, 9.17) is 24.7 Å². The Hall–Kier alpha value is -7.14. The van der Waals surface area contributed by atoms with Gasteiger partial charge in [-0.05, 0) is 110 Å². The zero-order valence-electron chi connectivity index (χ0n) is 50.9. The third kappa shape index (κ3) is 21.0. The molecule has 0 saturated carbocycles. The number of hydrogen-bond donors (Lipinski definition) is 3. The summed E-state index contributed by atoms with van der Waals surface area (Å²) in [6, 6.07) is 17.6. The van der Waals surface area contributed by atoms with Crippen molar-refractivity contribution in [1.29, 1.82) is 0 Å². The quantitative estimate of drug-likeness (QED) is 0.0568. The fourth-order valence-corrected chi connectivity index (χ4v) is 10.8. The molecular weight excluding hydrogens is 1180 g/mol. The van der Waals surface area contributed by atoms with E-state index in [1.165, 1.54) is 49.4 Å². The van der Waals surface area contributed by atoms with Gasteiger partial charge in [0.05, 0.1) is 62.5 Å². The van der Waals surface area contributed by atoms with Crippen LogP contribution in [-0.4, -0.2) is 169 Å². The van der Waals surface area contributed by atoms with Crippen molar-refractivity contribution in [2.24, 2.45) is 0 Å². The standard InChI is InChI=1S/C28H33F2N3O4.C22H24F2N4O2.C5H8O3.C4H6O4.C2H3BO2.Na/c1-32-25-7-4-21(29)15-23(25)26(34)16-28(32)8-10-33(11-9-28)27(35)31-17-19-2-6-24(30)20(14-19)3-5-22-18-36-12-13-37-22;1-27-19-5-3-15(23)11-16(19)20(29)12-22(27)6-8-28(9-7-22)21(30)26-13-14-2-4-17(24)18(25)10-14;6-3-5-4-7-1-2-8-5;1-3(5)7-8-4(2)6;1-2(4)5-3;/h2,4,6-7,14-15,22H,3,5,8-13,16-18H2,1H3,(H,31,35);2-5,10-11H,6-9,12-13,25H2,1H3,(H,26,30);3,5H,1-2,4H2;1-2H3;1H3;/q;;;;-1;+1. The average molecular weight is 1260 g/mol. The van der Waals surface area contributed by atoms with Crippen molar-refractivity contribution in [2.45, 2.75) is 109 Å². The van der Waals surface area contributed by atoms with Crippen LogP contribution in [0.4, 0.5) is 44.2 Å². The fraction of sp³-hybridized carbons (Fsp3) is 0.475. The smallest absolute Gasteiger partial charge is 0.793 e. The molecule has 22 nitrogen and oxygen atoms in total. The number of benzene rings is 4. The van der Waals surface area contributed by atoms with Crippen LogP contribution in [0.25, 0.3) is 0 Å². The van der Waals surface area contributed by atoms with Gasteiger partial charge in [-0.3, -0.25) is 14.4 Å². The Morgan fingerprint density at radius 2 is 1.09 bits per heavy atom. The van der Waals surface area contributed by atoms with Crippen molar-refractivity contribution in [2.75, 3.05) is 95.4 Å². The number of ether oxygens (including phenoxy) is 4. The van der Waals surface area contributed by atoms with Crippen LogP contribution in [-0.2, 0) is 72.1 Å². The molecule has 4 aromatic rings. The second kappa shape index (κ2) is 34.7. The van der Waals surface area contributed by atoms with Gasteiger partial charge >= 0.3 is 53.6 Å². The Kier molecular flexibility index (Phi) is 28.3. The molecule has 2 atom stereocenters. The number of nitrogen functional groups attached to an aromatic ring is 1. The van der Waals surface area contributed by atoms with Crippen LogP contribution in [0.15, 0.2) is 72.8 Å². The molecule has 89 heavy (non-hydrogen) atoms. The molecule has 3 radical (unpaired) electrons. The Morgan fingerprint density at radius 1 is 0.640 bits per heavy atom. The molecule has 0 aromatic heterocycles. The minimum atomic E-state index is -0.639. The molecule has 4 N–H and O–H groups in total. The molecule has 6 aliphatic rings. The van der Waals surface area contributed by atoms with Gasteiger partial charge in [0, 0.05) is 109 Å². The van der Waals surface area contributed by atoms with E-state index in [-0.39, 0.29) is 94.5 Å². The summed E-state index contributed by atoms with van der Waals surface area (Å²) in [6.45, 7) is 9.38. The number of rotatable bonds is 8. The summed E-state index contributed by atoms with van der Waals surface area (Å²) in [6.07, 6.45) is 4.84. The van der Waals surface area contributed by atoms with Crippen molar-refractivity contribution in [3.05, 3.63) is 124 Å². The van der Waals surface area contributed by atoms with Crippen LogP contribution < -0.4 is 55.7 Å². The number of halogens is 4. The number of likely N-dealkylation sites (tertiary alicyclic amines) is 2. The third-order valence-corrected chi connectivity index (χ3v) is 15.7. The van der Waals surface area contributed by atoms with Gasteiger partial charge in [0.2, 0.25) is 5.97 Å². The van der Waals surface area contributed by atoms with Crippen LogP contribution >= 0.6 is 0 Å². The molecule has 4 fully saturated rings. The number of Topliss-reactive ketones (excluding diaryl/α,β-unsaturated/α-hetero) is 2. The van der Waals surface area contributed by atoms with Gasteiger partial charge in [0.15, 0.2) is 17.9 Å². The van der Waals surface area contributed by atoms with E-state index in [0.29, 0.717) is 140 Å². The minimum Gasteiger partial charge on any atom is -0.793 e. The van der Waals surface area contributed by atoms with Crippen molar-refractivity contribution in [3.63, 3.8) is 0 Å². The second-order valence-corrected chi connectivity index (χ2v) is 21.6. The topological polar surface area (TPSA) is 264 Å². The van der Waals surface area contributed by atoms with Crippen molar-refractivity contribution in [1.82, 2.24) is 20.4 Å². The van der Waals surface area contributed by atoms with Gasteiger partial charge in [-0.25, -0.2) is 46.5 Å². The largest absolute Gasteiger partial charge is 1.00 e. The van der Waals surface area contributed by atoms with Crippen LogP contribution in [0, 0.1) is 23.3 Å². The first-order valence-electron chi connectivity index (χ1n) is 28.5. The molecule has 4 amide bonds. The zero-order chi connectivity index (χ0) is 64.1. The Bertz CT molecular complexity index is 3090. The predicted octanol–water partition coefficient (Wildman–Crippen LogP) is 3.66. The van der Waals surface area contributed by atoms with Crippen LogP contribution in [0.2, 0.25) is 0 Å². The number of ketones is 2. The first kappa shape index (κ1) is 72.6. The molecule has 2 spiro atoms. The number of carbonyl (C=O) groups excluding carboxylic acids is 8. The Balaban J connectivity index is 0.000000245. The number of anilines is 3. The van der Waals surface area contributed by atoms with E-state index < -0.39 is 35.4 Å². The van der Waals surface area contributed by atoms with Crippen molar-refractivity contribution in [3.8, 4) is 0 Å². The fourth-order valence-electron chi connectivity index (χ4n) is 10.8. The Morgan fingerprint density at radius 3 is 1.48 bits per heavy atom. The number of urea groups is 2. The summed E-state index contributed by atoms with van der Waals surface area (Å²) in [5, 5.41) is 5.79. The monoisotopic (exact) mass is 1250 g/mol. The maximum Gasteiger partial charge on any atom is 1.00 e. The molecule has 475 valence electrons. The van der Waals surface area contributed by atoms with E-state index in [0.717, 1.165) is 42.6 Å². The van der Waals surface area contributed by atoms with E-state index in [1.54, 1.807) is 40.1 Å². The number of aldehydes is 1. The van der Waals surface area contributed by atoms with Gasteiger partial charge in [-0.15, -0.1) is 0 Å². The molecule has 2 unspecified atom stereocenters. The van der Waals surface area contributed by atoms with Gasteiger partial charge < -0.3 is 72.4 Å². The molecule has 0 aliphatic carbocycles. The SMILES string of the molecule is CC(=O)OOC(C)=O.CN1c2ccc(F)cc2C(=O)CC12CCN(C(=O)NCc1ccc(F)c(CCC3COCCO3)c1)CC2.CN1c2ccc(F)cc2C(=O)CC12CCN(C(=O)NCc1ccc(F)c(N)c1)CC2.O=CC1COCCO1.[B-]OC(C)=O.[Na+]. The number of hydrogen-bond acceptors (Lipinski definition) is 18. The van der Waals surface area contributed by atoms with Crippen LogP contribution in [0.5, 0.6) is 0 Å². The first-order valence-corrected chi connectivity index (χ1v) is 28.5. The zero-order valence-corrected chi connectivity index (χ0v) is 52.9. The van der Waals surface area contributed by atoms with Crippen molar-refractivity contribution < 1.29 is 119 Å². The molecule has 10 rings (SSSR count). The van der Waals surface area contributed by atoms with Gasteiger partial charge in [0.1, 0.15) is 29.4 Å². The van der Waals surface area contributed by atoms with Crippen molar-refractivity contribution >= 4 is 72.9 Å². The number of nitrogens with zero attached hydrogens (tertiary/aromatic N) is 4. The average Bonchev–Trinajstić information content (AvgIpc) is 2.82. The summed E-state index contributed by atoms with van der Waals surface area (Å²) in [4.78, 5) is 105. The maximum absolute atomic E-state index is 14.3. The minimum absolute atomic E-state index is 0. The summed E-state index contributed by atoms with van der Waals surface area (Å²) in [7, 11) is 8.19. The molecule has 4 aromatic carbocycles. The molecule has 6 aliphatic heterocycles. The number of nitrogens with two attached hydrogens (primary N) is 1. The summed E-state index contributed by atoms with van der Waals surface area (Å²) >= 11 is 0. The third-order valence-electron chi connectivity index (χ3n) is 15.7. The summed E-state index contributed by atoms with van der Waals surface area (Å²) in [5.41, 5.74) is 9.34. The number of nitrogens with one attached hydrogen (secondary N) is 2.